The van der Waals surface area contributed by atoms with E-state index < -0.39 is 0 Å². The van der Waals surface area contributed by atoms with Gasteiger partial charge in [0, 0.05) is 5.56 Å². The lowest BCUT2D eigenvalue weighted by Crippen LogP contribution is -2.11. The molecule has 0 fully saturated rings. The summed E-state index contributed by atoms with van der Waals surface area (Å²) < 4.78 is 5.34. The van der Waals surface area contributed by atoms with Crippen LogP contribution in [0, 0.1) is 0 Å². The molecule has 25 heavy (non-hydrogen) atoms. The summed E-state index contributed by atoms with van der Waals surface area (Å²) in [7, 11) is 1.61. The lowest BCUT2D eigenvalue weighted by Gasteiger charge is -2.06. The summed E-state index contributed by atoms with van der Waals surface area (Å²) >= 11 is 1.31. The quantitative estimate of drug-likeness (QED) is 0.729. The van der Waals surface area contributed by atoms with Crippen LogP contribution < -0.4 is 10.1 Å². The minimum absolute atomic E-state index is 0.196. The number of nitrogens with one attached hydrogen (secondary N) is 1. The zero-order chi connectivity index (χ0) is 17.8. The molecule has 0 atom stereocenters. The average molecular weight is 353 g/mol. The van der Waals surface area contributed by atoms with Crippen molar-refractivity contribution in [3.63, 3.8) is 0 Å². The van der Waals surface area contributed by atoms with Crippen LogP contribution >= 0.6 is 11.3 Å². The van der Waals surface area contributed by atoms with Crippen LogP contribution in [-0.2, 0) is 0 Å². The monoisotopic (exact) mass is 353 g/mol. The molecule has 0 saturated carbocycles. The average Bonchev–Trinajstić information content (AvgIpc) is 3.10. The topological polar surface area (TPSA) is 64.1 Å². The van der Waals surface area contributed by atoms with E-state index in [1.807, 2.05) is 48.5 Å². The first-order valence-corrected chi connectivity index (χ1v) is 8.78. The maximum Gasteiger partial charge on any atom is 0.257 e. The molecule has 0 bridgehead atoms. The van der Waals surface area contributed by atoms with Gasteiger partial charge in [0.15, 0.2) is 5.01 Å². The normalized spacial score (nSPS) is 10.7. The lowest BCUT2D eigenvalue weighted by molar-refractivity contribution is 0.102. The van der Waals surface area contributed by atoms with Crippen LogP contribution in [0.15, 0.2) is 48.5 Å². The molecule has 0 spiro atoms. The molecule has 5 nitrogen and oxygen atoms in total. The zero-order valence-corrected chi connectivity index (χ0v) is 15.1. The van der Waals surface area contributed by atoms with Crippen molar-refractivity contribution in [2.75, 3.05) is 12.4 Å². The first-order chi connectivity index (χ1) is 12.1. The minimum atomic E-state index is -0.196. The number of hydrogen-bond donors (Lipinski definition) is 1. The maximum atomic E-state index is 12.4. The maximum absolute atomic E-state index is 12.4. The molecule has 0 aliphatic heterocycles. The number of anilines is 1. The van der Waals surface area contributed by atoms with E-state index in [1.165, 1.54) is 16.9 Å². The fourth-order valence-corrected chi connectivity index (χ4v) is 3.16. The highest BCUT2D eigenvalue weighted by molar-refractivity contribution is 7.18. The fourth-order valence-electron chi connectivity index (χ4n) is 2.39. The number of carbonyl (C=O) groups excluding carboxylic acids is 1. The number of nitrogens with zero attached hydrogens (tertiary/aromatic N) is 2. The van der Waals surface area contributed by atoms with Crippen molar-refractivity contribution in [1.82, 2.24) is 10.2 Å². The van der Waals surface area contributed by atoms with E-state index in [0.717, 1.165) is 11.3 Å². The van der Waals surface area contributed by atoms with Gasteiger partial charge in [-0.15, -0.1) is 10.2 Å². The molecule has 1 amide bonds. The highest BCUT2D eigenvalue weighted by Crippen LogP contribution is 2.33. The van der Waals surface area contributed by atoms with E-state index in [4.69, 9.17) is 4.74 Å². The molecule has 1 N–H and O–H groups in total. The molecule has 1 heterocycles. The second-order valence-corrected chi connectivity index (χ2v) is 6.82. The summed E-state index contributed by atoms with van der Waals surface area (Å²) in [5.74, 6) is 0.961. The van der Waals surface area contributed by atoms with Gasteiger partial charge in [-0.05, 0) is 35.7 Å². The first-order valence-electron chi connectivity index (χ1n) is 7.96. The number of benzene rings is 2. The molecule has 1 aromatic heterocycles. The van der Waals surface area contributed by atoms with Gasteiger partial charge in [0.25, 0.3) is 5.91 Å². The molecule has 3 rings (SSSR count). The third kappa shape index (κ3) is 3.85. The Morgan fingerprint density at radius 2 is 1.80 bits per heavy atom. The van der Waals surface area contributed by atoms with E-state index in [1.54, 1.807) is 7.11 Å². The molecule has 0 radical (unpaired) electrons. The molecule has 6 heteroatoms. The molecule has 0 aliphatic rings. The number of para-hydroxylation sites is 1. The molecular formula is C19H19N3O2S. The SMILES string of the molecule is COc1ccccc1-c1nnc(NC(=O)c2ccc(C(C)C)cc2)s1. The van der Waals surface area contributed by atoms with Gasteiger partial charge < -0.3 is 4.74 Å². The van der Waals surface area contributed by atoms with Crippen molar-refractivity contribution in [2.45, 2.75) is 19.8 Å². The van der Waals surface area contributed by atoms with Gasteiger partial charge in [-0.3, -0.25) is 10.1 Å². The van der Waals surface area contributed by atoms with Crippen LogP contribution in [0.3, 0.4) is 0 Å². The summed E-state index contributed by atoms with van der Waals surface area (Å²) in [6, 6.07) is 15.2. The summed E-state index contributed by atoms with van der Waals surface area (Å²) in [4.78, 5) is 12.4. The van der Waals surface area contributed by atoms with E-state index in [0.29, 0.717) is 21.6 Å². The Hall–Kier alpha value is -2.73. The van der Waals surface area contributed by atoms with E-state index >= 15 is 0 Å². The van der Waals surface area contributed by atoms with Crippen LogP contribution in [0.25, 0.3) is 10.6 Å². The van der Waals surface area contributed by atoms with Crippen LogP contribution in [-0.4, -0.2) is 23.2 Å². The van der Waals surface area contributed by atoms with E-state index in [9.17, 15) is 4.79 Å². The van der Waals surface area contributed by atoms with Gasteiger partial charge in [-0.25, -0.2) is 0 Å². The van der Waals surface area contributed by atoms with Gasteiger partial charge in [0.2, 0.25) is 5.13 Å². The van der Waals surface area contributed by atoms with Gasteiger partial charge in [0.05, 0.1) is 12.7 Å². The van der Waals surface area contributed by atoms with Crippen LogP contribution in [0.2, 0.25) is 0 Å². The predicted molar refractivity (Wildman–Crippen MR) is 100 cm³/mol. The first kappa shape index (κ1) is 17.1. The standard InChI is InChI=1S/C19H19N3O2S/c1-12(2)13-8-10-14(11-9-13)17(23)20-19-22-21-18(25-19)15-6-4-5-7-16(15)24-3/h4-12H,1-3H3,(H,20,22,23). The molecular weight excluding hydrogens is 334 g/mol. The smallest absolute Gasteiger partial charge is 0.257 e. The van der Waals surface area contributed by atoms with Crippen LogP contribution in [0.5, 0.6) is 5.75 Å². The largest absolute Gasteiger partial charge is 0.496 e. The number of ether oxygens (including phenoxy) is 1. The molecule has 3 aromatic rings. The molecule has 0 unspecified atom stereocenters. The lowest BCUT2D eigenvalue weighted by atomic mass is 10.0. The van der Waals surface area contributed by atoms with Gasteiger partial charge in [0.1, 0.15) is 5.75 Å². The number of hydrogen-bond acceptors (Lipinski definition) is 5. The zero-order valence-electron chi connectivity index (χ0n) is 14.3. The summed E-state index contributed by atoms with van der Waals surface area (Å²) in [5, 5.41) is 12.2. The second-order valence-electron chi connectivity index (χ2n) is 5.84. The number of methoxy groups -OCH3 is 1. The van der Waals surface area contributed by atoms with Crippen molar-refractivity contribution in [2.24, 2.45) is 0 Å². The van der Waals surface area contributed by atoms with Crippen molar-refractivity contribution in [3.05, 3.63) is 59.7 Å². The van der Waals surface area contributed by atoms with Crippen molar-refractivity contribution in [1.29, 1.82) is 0 Å². The fraction of sp³-hybridized carbons (Fsp3) is 0.211. The van der Waals surface area contributed by atoms with Gasteiger partial charge in [-0.1, -0.05) is 49.4 Å². The number of aromatic nitrogens is 2. The van der Waals surface area contributed by atoms with Gasteiger partial charge in [-0.2, -0.15) is 0 Å². The molecule has 0 saturated heterocycles. The number of carbonyl (C=O) groups is 1. The molecule has 2 aromatic carbocycles. The minimum Gasteiger partial charge on any atom is -0.496 e. The van der Waals surface area contributed by atoms with Crippen molar-refractivity contribution < 1.29 is 9.53 Å². The summed E-state index contributed by atoms with van der Waals surface area (Å²) in [5.41, 5.74) is 2.65. The van der Waals surface area contributed by atoms with Gasteiger partial charge >= 0.3 is 0 Å². The summed E-state index contributed by atoms with van der Waals surface area (Å²) in [6.45, 7) is 4.24. The molecule has 128 valence electrons. The third-order valence-corrected chi connectivity index (χ3v) is 4.69. The Bertz CT molecular complexity index is 872. The Labute approximate surface area is 150 Å². The number of amides is 1. The van der Waals surface area contributed by atoms with Crippen molar-refractivity contribution in [3.8, 4) is 16.3 Å². The second kappa shape index (κ2) is 7.44. The molecule has 0 aliphatic carbocycles. The Morgan fingerprint density at radius 3 is 2.48 bits per heavy atom. The Kier molecular flexibility index (Phi) is 5.09. The Balaban J connectivity index is 1.76. The van der Waals surface area contributed by atoms with Crippen LogP contribution in [0.1, 0.15) is 35.7 Å². The highest BCUT2D eigenvalue weighted by Gasteiger charge is 2.14. The predicted octanol–water partition coefficient (Wildman–Crippen LogP) is 4.59. The number of rotatable bonds is 5. The highest BCUT2D eigenvalue weighted by atomic mass is 32.1. The van der Waals surface area contributed by atoms with Crippen molar-refractivity contribution >= 4 is 22.4 Å². The third-order valence-electron chi connectivity index (χ3n) is 3.82. The van der Waals surface area contributed by atoms with Crippen LogP contribution in [0.4, 0.5) is 5.13 Å². The van der Waals surface area contributed by atoms with E-state index in [-0.39, 0.29) is 5.91 Å². The Morgan fingerprint density at radius 1 is 1.08 bits per heavy atom. The summed E-state index contributed by atoms with van der Waals surface area (Å²) in [6.07, 6.45) is 0. The van der Waals surface area contributed by atoms with E-state index in [2.05, 4.69) is 29.4 Å².